The molecule has 0 N–H and O–H groups in total. The molecule has 2 heterocycles. The predicted octanol–water partition coefficient (Wildman–Crippen LogP) is 3.12. The third-order valence-corrected chi connectivity index (χ3v) is 4.34. The molecule has 1 amide bonds. The van der Waals surface area contributed by atoms with Crippen LogP contribution in [0.2, 0.25) is 0 Å². The molecule has 3 aromatic rings. The molecule has 0 unspecified atom stereocenters. The molecule has 132 valence electrons. The Balaban J connectivity index is 2.07. The Bertz CT molecular complexity index is 1040. The third kappa shape index (κ3) is 3.11. The van der Waals surface area contributed by atoms with Crippen molar-refractivity contribution in [1.82, 2.24) is 14.4 Å². The predicted molar refractivity (Wildman–Crippen MR) is 95.7 cm³/mol. The molecule has 0 radical (unpaired) electrons. The van der Waals surface area contributed by atoms with Gasteiger partial charge in [0.1, 0.15) is 16.8 Å². The number of anilines is 1. The molecule has 1 aromatic carbocycles. The maximum atomic E-state index is 13.7. The van der Waals surface area contributed by atoms with Crippen LogP contribution >= 0.6 is 15.9 Å². The molecule has 0 saturated carbocycles. The molecular weight excluding hydrogens is 405 g/mol. The number of fused-ring (bicyclic) bond motifs is 1. The van der Waals surface area contributed by atoms with Gasteiger partial charge in [0, 0.05) is 18.0 Å². The number of carbonyl (C=O) groups is 1. The molecule has 0 atom stereocenters. The summed E-state index contributed by atoms with van der Waals surface area (Å²) in [5.74, 6) is -1.07. The number of methoxy groups -OCH3 is 1. The van der Waals surface area contributed by atoms with Crippen molar-refractivity contribution in [2.45, 2.75) is 6.92 Å². The second-order valence-corrected chi connectivity index (χ2v) is 6.17. The summed E-state index contributed by atoms with van der Waals surface area (Å²) in [7, 11) is 1.33. The van der Waals surface area contributed by atoms with Gasteiger partial charge in [-0.3, -0.25) is 14.1 Å². The van der Waals surface area contributed by atoms with E-state index in [1.807, 2.05) is 6.07 Å². The lowest BCUT2D eigenvalue weighted by atomic mass is 10.2. The topological polar surface area (TPSA) is 83.5 Å². The van der Waals surface area contributed by atoms with Crippen LogP contribution in [-0.2, 0) is 0 Å². The molecule has 26 heavy (non-hydrogen) atoms. The number of amides is 1. The van der Waals surface area contributed by atoms with Crippen LogP contribution in [-0.4, -0.2) is 33.9 Å². The van der Waals surface area contributed by atoms with Crippen molar-refractivity contribution in [3.05, 3.63) is 52.4 Å². The maximum absolute atomic E-state index is 13.7. The highest BCUT2D eigenvalue weighted by molar-refractivity contribution is 9.10. The average molecular weight is 418 g/mol. The molecular formula is C17H13BrFN5O2. The lowest BCUT2D eigenvalue weighted by Gasteiger charge is -2.20. The minimum absolute atomic E-state index is 0.0183. The number of hydrogen-bond donors (Lipinski definition) is 0. The smallest absolute Gasteiger partial charge is 0.279 e. The Hall–Kier alpha value is -2.99. The zero-order valence-electron chi connectivity index (χ0n) is 13.9. The summed E-state index contributed by atoms with van der Waals surface area (Å²) >= 11 is 3.36. The van der Waals surface area contributed by atoms with E-state index < -0.39 is 11.7 Å². The number of hydrogen-bond acceptors (Lipinski definition) is 5. The Morgan fingerprint density at radius 2 is 2.27 bits per heavy atom. The summed E-state index contributed by atoms with van der Waals surface area (Å²) in [6, 6.07) is 5.89. The fourth-order valence-corrected chi connectivity index (χ4v) is 2.89. The molecule has 0 aliphatic heterocycles. The number of nitrogens with zero attached hydrogens (tertiary/aromatic N) is 5. The SMILES string of the molecule is COc1cc(N(CC#N)C(=O)c2cn3c(Br)cnc3c(C)n2)ccc1F. The minimum atomic E-state index is -0.557. The zero-order valence-corrected chi connectivity index (χ0v) is 15.5. The van der Waals surface area contributed by atoms with Gasteiger partial charge in [0.2, 0.25) is 0 Å². The largest absolute Gasteiger partial charge is 0.494 e. The Morgan fingerprint density at radius 3 is 2.96 bits per heavy atom. The summed E-state index contributed by atoms with van der Waals surface area (Å²) in [6.45, 7) is 1.51. The molecule has 7 nitrogen and oxygen atoms in total. The van der Waals surface area contributed by atoms with E-state index >= 15 is 0 Å². The molecule has 9 heteroatoms. The molecule has 2 aromatic heterocycles. The number of ether oxygens (including phenoxy) is 1. The quantitative estimate of drug-likeness (QED) is 0.608. The first-order valence-corrected chi connectivity index (χ1v) is 8.28. The van der Waals surface area contributed by atoms with Gasteiger partial charge in [0.25, 0.3) is 5.91 Å². The minimum Gasteiger partial charge on any atom is -0.494 e. The van der Waals surface area contributed by atoms with E-state index in [0.29, 0.717) is 21.6 Å². The average Bonchev–Trinajstić information content (AvgIpc) is 3.01. The van der Waals surface area contributed by atoms with Gasteiger partial charge in [0.05, 0.1) is 25.1 Å². The number of benzene rings is 1. The highest BCUT2D eigenvalue weighted by atomic mass is 79.9. The van der Waals surface area contributed by atoms with Gasteiger partial charge >= 0.3 is 0 Å². The Kier molecular flexibility index (Phi) is 4.86. The highest BCUT2D eigenvalue weighted by Gasteiger charge is 2.22. The van der Waals surface area contributed by atoms with Gasteiger partial charge in [-0.2, -0.15) is 5.26 Å². The standard InChI is InChI=1S/C17H13BrFN5O2/c1-10-16-21-8-15(18)24(16)9-13(22-10)17(25)23(6-5-20)11-3-4-12(19)14(7-11)26-2/h3-4,7-9H,6H2,1-2H3. The Labute approximate surface area is 156 Å². The van der Waals surface area contributed by atoms with Gasteiger partial charge < -0.3 is 4.74 Å². The molecule has 0 aliphatic rings. The molecule has 0 bridgehead atoms. The van der Waals surface area contributed by atoms with Crippen molar-refractivity contribution < 1.29 is 13.9 Å². The maximum Gasteiger partial charge on any atom is 0.279 e. The van der Waals surface area contributed by atoms with Crippen molar-refractivity contribution in [3.8, 4) is 11.8 Å². The lowest BCUT2D eigenvalue weighted by molar-refractivity contribution is 0.0984. The second kappa shape index (κ2) is 7.09. The van der Waals surface area contributed by atoms with Crippen molar-refractivity contribution in [1.29, 1.82) is 5.26 Å². The van der Waals surface area contributed by atoms with Crippen molar-refractivity contribution in [2.24, 2.45) is 0 Å². The van der Waals surface area contributed by atoms with Crippen molar-refractivity contribution in [2.75, 3.05) is 18.6 Å². The Morgan fingerprint density at radius 1 is 1.50 bits per heavy atom. The first-order valence-electron chi connectivity index (χ1n) is 7.48. The van der Waals surface area contributed by atoms with Crippen LogP contribution in [0.5, 0.6) is 5.75 Å². The van der Waals surface area contributed by atoms with Gasteiger partial charge in [0.15, 0.2) is 17.2 Å². The van der Waals surface area contributed by atoms with Crippen LogP contribution < -0.4 is 9.64 Å². The molecule has 3 rings (SSSR count). The van der Waals surface area contributed by atoms with Gasteiger partial charge in [-0.25, -0.2) is 14.4 Å². The van der Waals surface area contributed by atoms with Crippen LogP contribution in [0.25, 0.3) is 5.65 Å². The first kappa shape index (κ1) is 17.8. The van der Waals surface area contributed by atoms with E-state index in [9.17, 15) is 9.18 Å². The van der Waals surface area contributed by atoms with E-state index in [0.717, 1.165) is 0 Å². The molecule has 0 fully saturated rings. The van der Waals surface area contributed by atoms with Gasteiger partial charge in [-0.05, 0) is 35.0 Å². The van der Waals surface area contributed by atoms with E-state index in [-0.39, 0.29) is 18.0 Å². The summed E-state index contributed by atoms with van der Waals surface area (Å²) in [4.78, 5) is 22.7. The number of rotatable bonds is 4. The zero-order chi connectivity index (χ0) is 18.8. The van der Waals surface area contributed by atoms with Crippen LogP contribution in [0, 0.1) is 24.1 Å². The number of aromatic nitrogens is 3. The molecule has 0 spiro atoms. The first-order chi connectivity index (χ1) is 12.5. The number of carbonyl (C=O) groups excluding carboxylic acids is 1. The number of aryl methyl sites for hydroxylation is 1. The van der Waals surface area contributed by atoms with Crippen molar-refractivity contribution in [3.63, 3.8) is 0 Å². The summed E-state index contributed by atoms with van der Waals surface area (Å²) in [6.07, 6.45) is 3.14. The second-order valence-electron chi connectivity index (χ2n) is 5.35. The monoisotopic (exact) mass is 417 g/mol. The van der Waals surface area contributed by atoms with E-state index in [1.165, 1.54) is 36.4 Å². The molecule has 0 aliphatic carbocycles. The van der Waals surface area contributed by atoms with Crippen LogP contribution in [0.1, 0.15) is 16.2 Å². The van der Waals surface area contributed by atoms with Crippen LogP contribution in [0.15, 0.2) is 35.2 Å². The van der Waals surface area contributed by atoms with Crippen LogP contribution in [0.4, 0.5) is 10.1 Å². The normalized spacial score (nSPS) is 10.6. The van der Waals surface area contributed by atoms with Gasteiger partial charge in [-0.1, -0.05) is 0 Å². The lowest BCUT2D eigenvalue weighted by Crippen LogP contribution is -2.32. The van der Waals surface area contributed by atoms with E-state index in [4.69, 9.17) is 10.00 Å². The summed E-state index contributed by atoms with van der Waals surface area (Å²) in [5.41, 5.74) is 1.64. The summed E-state index contributed by atoms with van der Waals surface area (Å²) < 4.78 is 21.0. The number of halogens is 2. The number of nitriles is 1. The van der Waals surface area contributed by atoms with Crippen LogP contribution in [0.3, 0.4) is 0 Å². The van der Waals surface area contributed by atoms with Gasteiger partial charge in [-0.15, -0.1) is 0 Å². The number of imidazole rings is 1. The summed E-state index contributed by atoms with van der Waals surface area (Å²) in [5, 5.41) is 9.12. The highest BCUT2D eigenvalue weighted by Crippen LogP contribution is 2.26. The molecule has 0 saturated heterocycles. The fraction of sp³-hybridized carbons (Fsp3) is 0.176. The third-order valence-electron chi connectivity index (χ3n) is 3.75. The van der Waals surface area contributed by atoms with Crippen molar-refractivity contribution >= 4 is 33.2 Å². The fourth-order valence-electron chi connectivity index (χ4n) is 2.52. The van der Waals surface area contributed by atoms with E-state index in [2.05, 4.69) is 25.9 Å². The van der Waals surface area contributed by atoms with E-state index in [1.54, 1.807) is 17.5 Å².